The van der Waals surface area contributed by atoms with Crippen LogP contribution in [0.4, 0.5) is 15.8 Å². The van der Waals surface area contributed by atoms with Gasteiger partial charge in [0, 0.05) is 16.9 Å². The number of halogens is 2. The molecule has 134 valence electrons. The average Bonchev–Trinajstić information content (AvgIpc) is 2.68. The zero-order valence-corrected chi connectivity index (χ0v) is 16.1. The molecule has 0 radical (unpaired) electrons. The maximum atomic E-state index is 13.6. The van der Waals surface area contributed by atoms with Crippen molar-refractivity contribution in [1.29, 1.82) is 0 Å². The summed E-state index contributed by atoms with van der Waals surface area (Å²) in [4.78, 5) is 16.3. The van der Waals surface area contributed by atoms with E-state index in [-0.39, 0.29) is 11.3 Å². The SMILES string of the molecule is CI.O=C(c1ccc(O)c(F)c1)N(c1ccccc1)c1ccc(O)cc1. The summed E-state index contributed by atoms with van der Waals surface area (Å²) < 4.78 is 13.6. The van der Waals surface area contributed by atoms with E-state index in [4.69, 9.17) is 0 Å². The van der Waals surface area contributed by atoms with Crippen molar-refractivity contribution >= 4 is 39.9 Å². The van der Waals surface area contributed by atoms with E-state index in [0.717, 1.165) is 12.1 Å². The molecule has 0 bridgehead atoms. The Morgan fingerprint density at radius 3 is 2.04 bits per heavy atom. The third kappa shape index (κ3) is 4.51. The van der Waals surface area contributed by atoms with Crippen LogP contribution in [0.5, 0.6) is 11.5 Å². The first kappa shape index (κ1) is 19.7. The molecular weight excluding hydrogens is 448 g/mol. The van der Waals surface area contributed by atoms with Crippen molar-refractivity contribution in [3.8, 4) is 11.5 Å². The van der Waals surface area contributed by atoms with Gasteiger partial charge in [-0.2, -0.15) is 0 Å². The number of aromatic hydroxyl groups is 2. The third-order valence-corrected chi connectivity index (χ3v) is 3.52. The highest BCUT2D eigenvalue weighted by Crippen LogP contribution is 2.29. The predicted molar refractivity (Wildman–Crippen MR) is 109 cm³/mol. The minimum absolute atomic E-state index is 0.0786. The molecule has 0 aliphatic rings. The molecule has 3 aromatic carbocycles. The number of carbonyl (C=O) groups excluding carboxylic acids is 1. The molecule has 3 rings (SSSR count). The van der Waals surface area contributed by atoms with Gasteiger partial charge in [0.2, 0.25) is 0 Å². The first-order chi connectivity index (χ1) is 12.6. The summed E-state index contributed by atoms with van der Waals surface area (Å²) in [5, 5.41) is 18.8. The van der Waals surface area contributed by atoms with Crippen molar-refractivity contribution < 1.29 is 19.4 Å². The zero-order valence-electron chi connectivity index (χ0n) is 13.9. The summed E-state index contributed by atoms with van der Waals surface area (Å²) in [5.74, 6) is -1.75. The van der Waals surface area contributed by atoms with E-state index in [1.807, 2.05) is 11.0 Å². The third-order valence-electron chi connectivity index (χ3n) is 3.52. The van der Waals surface area contributed by atoms with Crippen LogP contribution in [0, 0.1) is 5.82 Å². The lowest BCUT2D eigenvalue weighted by molar-refractivity contribution is 0.0998. The van der Waals surface area contributed by atoms with Gasteiger partial charge in [-0.15, -0.1) is 0 Å². The van der Waals surface area contributed by atoms with Crippen LogP contribution in [-0.2, 0) is 0 Å². The smallest absolute Gasteiger partial charge is 0.262 e. The molecule has 26 heavy (non-hydrogen) atoms. The van der Waals surface area contributed by atoms with Crippen molar-refractivity contribution in [3.63, 3.8) is 0 Å². The molecular formula is C20H17FINO3. The normalized spacial score (nSPS) is 9.81. The monoisotopic (exact) mass is 465 g/mol. The summed E-state index contributed by atoms with van der Waals surface area (Å²) in [7, 11) is 0. The molecule has 2 N–H and O–H groups in total. The highest BCUT2D eigenvalue weighted by atomic mass is 127. The molecule has 6 heteroatoms. The van der Waals surface area contributed by atoms with Crippen LogP contribution in [0.1, 0.15) is 10.4 Å². The average molecular weight is 465 g/mol. The highest BCUT2D eigenvalue weighted by molar-refractivity contribution is 14.1. The Hall–Kier alpha value is -2.61. The summed E-state index contributed by atoms with van der Waals surface area (Å²) in [6.45, 7) is 0. The van der Waals surface area contributed by atoms with E-state index in [2.05, 4.69) is 22.6 Å². The van der Waals surface area contributed by atoms with Crippen LogP contribution in [0.3, 0.4) is 0 Å². The Morgan fingerprint density at radius 2 is 1.46 bits per heavy atom. The number of anilines is 2. The van der Waals surface area contributed by atoms with Crippen molar-refractivity contribution in [1.82, 2.24) is 0 Å². The first-order valence-corrected chi connectivity index (χ1v) is 9.77. The van der Waals surface area contributed by atoms with Gasteiger partial charge >= 0.3 is 0 Å². The fraction of sp³-hybridized carbons (Fsp3) is 0.0500. The number of hydrogen-bond acceptors (Lipinski definition) is 3. The van der Waals surface area contributed by atoms with Gasteiger partial charge in [-0.1, -0.05) is 40.8 Å². The van der Waals surface area contributed by atoms with Crippen LogP contribution < -0.4 is 4.90 Å². The Labute approximate surface area is 164 Å². The molecule has 0 unspecified atom stereocenters. The van der Waals surface area contributed by atoms with Crippen molar-refractivity contribution in [2.24, 2.45) is 0 Å². The lowest BCUT2D eigenvalue weighted by Crippen LogP contribution is -2.26. The Balaban J connectivity index is 0.00000117. The topological polar surface area (TPSA) is 60.8 Å². The van der Waals surface area contributed by atoms with E-state index in [9.17, 15) is 19.4 Å². The van der Waals surface area contributed by atoms with Gasteiger partial charge in [0.15, 0.2) is 11.6 Å². The molecule has 0 heterocycles. The Bertz CT molecular complexity index is 870. The van der Waals surface area contributed by atoms with Gasteiger partial charge in [0.1, 0.15) is 5.75 Å². The van der Waals surface area contributed by atoms with E-state index >= 15 is 0 Å². The lowest BCUT2D eigenvalue weighted by Gasteiger charge is -2.23. The van der Waals surface area contributed by atoms with Gasteiger partial charge < -0.3 is 10.2 Å². The Morgan fingerprint density at radius 1 is 0.885 bits per heavy atom. The largest absolute Gasteiger partial charge is 0.508 e. The van der Waals surface area contributed by atoms with E-state index in [0.29, 0.717) is 11.4 Å². The van der Waals surface area contributed by atoms with Gasteiger partial charge in [0.25, 0.3) is 5.91 Å². The summed E-state index contributed by atoms with van der Waals surface area (Å²) in [6.07, 6.45) is 0. The number of para-hydroxylation sites is 1. The van der Waals surface area contributed by atoms with Crippen molar-refractivity contribution in [2.75, 3.05) is 9.83 Å². The second-order valence-corrected chi connectivity index (χ2v) is 5.16. The zero-order chi connectivity index (χ0) is 19.1. The van der Waals surface area contributed by atoms with E-state index < -0.39 is 17.5 Å². The molecule has 1 amide bonds. The molecule has 0 aliphatic heterocycles. The number of hydrogen-bond donors (Lipinski definition) is 2. The molecule has 4 nitrogen and oxygen atoms in total. The number of phenolic OH excluding ortho intramolecular Hbond substituents is 2. The number of phenols is 2. The second-order valence-electron chi connectivity index (χ2n) is 5.16. The van der Waals surface area contributed by atoms with Crippen LogP contribution in [0.15, 0.2) is 72.8 Å². The first-order valence-electron chi connectivity index (χ1n) is 7.61. The molecule has 0 aliphatic carbocycles. The Kier molecular flexibility index (Phi) is 6.97. The predicted octanol–water partition coefficient (Wildman–Crippen LogP) is 5.27. The van der Waals surface area contributed by atoms with Crippen LogP contribution in [-0.4, -0.2) is 21.1 Å². The number of benzene rings is 3. The molecule has 3 aromatic rings. The van der Waals surface area contributed by atoms with Crippen molar-refractivity contribution in [2.45, 2.75) is 0 Å². The number of amides is 1. The van der Waals surface area contributed by atoms with Crippen LogP contribution >= 0.6 is 22.6 Å². The van der Waals surface area contributed by atoms with Gasteiger partial charge in [-0.05, 0) is 59.5 Å². The van der Waals surface area contributed by atoms with Gasteiger partial charge in [-0.3, -0.25) is 9.69 Å². The molecule has 0 spiro atoms. The number of carbonyl (C=O) groups is 1. The number of alkyl halides is 1. The molecule has 0 saturated heterocycles. The van der Waals surface area contributed by atoms with E-state index in [1.165, 1.54) is 23.1 Å². The molecule has 0 aromatic heterocycles. The fourth-order valence-corrected chi connectivity index (χ4v) is 2.33. The van der Waals surface area contributed by atoms with Gasteiger partial charge in [-0.25, -0.2) is 4.39 Å². The van der Waals surface area contributed by atoms with Crippen molar-refractivity contribution in [3.05, 3.63) is 84.2 Å². The maximum absolute atomic E-state index is 13.6. The molecule has 0 atom stereocenters. The maximum Gasteiger partial charge on any atom is 0.262 e. The molecule has 0 saturated carbocycles. The minimum atomic E-state index is -0.862. The number of nitrogens with zero attached hydrogens (tertiary/aromatic N) is 1. The summed E-state index contributed by atoms with van der Waals surface area (Å²) in [5.41, 5.74) is 1.22. The highest BCUT2D eigenvalue weighted by Gasteiger charge is 2.20. The summed E-state index contributed by atoms with van der Waals surface area (Å²) in [6, 6.07) is 18.5. The van der Waals surface area contributed by atoms with Crippen LogP contribution in [0.2, 0.25) is 0 Å². The van der Waals surface area contributed by atoms with Crippen LogP contribution in [0.25, 0.3) is 0 Å². The number of rotatable bonds is 3. The summed E-state index contributed by atoms with van der Waals surface area (Å²) >= 11 is 2.15. The quantitative estimate of drug-likeness (QED) is 0.410. The fourth-order valence-electron chi connectivity index (χ4n) is 2.33. The van der Waals surface area contributed by atoms with E-state index in [1.54, 1.807) is 36.4 Å². The second kappa shape index (κ2) is 9.19. The van der Waals surface area contributed by atoms with Gasteiger partial charge in [0.05, 0.1) is 0 Å². The molecule has 0 fully saturated rings. The minimum Gasteiger partial charge on any atom is -0.508 e. The standard InChI is InChI=1S/C19H14FNO3.CH3I/c20-17-12-13(6-11-18(17)23)19(24)21(14-4-2-1-3-5-14)15-7-9-16(22)10-8-15;1-2/h1-12,22-23H;1H3. The lowest BCUT2D eigenvalue weighted by atomic mass is 10.1.